The van der Waals surface area contributed by atoms with E-state index in [1.165, 1.54) is 17.1 Å². The number of benzene rings is 2. The van der Waals surface area contributed by atoms with Gasteiger partial charge >= 0.3 is 0 Å². The first kappa shape index (κ1) is 20.8. The second kappa shape index (κ2) is 9.14. The number of nitrogens with one attached hydrogen (secondary N) is 1. The van der Waals surface area contributed by atoms with Gasteiger partial charge in [-0.25, -0.2) is 9.67 Å². The van der Waals surface area contributed by atoms with Crippen LogP contribution in [0.5, 0.6) is 0 Å². The average Bonchev–Trinajstić information content (AvgIpc) is 3.14. The van der Waals surface area contributed by atoms with E-state index >= 15 is 0 Å². The Hall–Kier alpha value is -3.45. The lowest BCUT2D eigenvalue weighted by Gasteiger charge is -2.08. The molecule has 0 saturated carbocycles. The molecule has 158 valence electrons. The van der Waals surface area contributed by atoms with Gasteiger partial charge in [0.2, 0.25) is 5.91 Å². The molecule has 2 aromatic heterocycles. The van der Waals surface area contributed by atoms with Gasteiger partial charge in [-0.1, -0.05) is 53.6 Å². The van der Waals surface area contributed by atoms with Crippen LogP contribution in [-0.4, -0.2) is 31.8 Å². The summed E-state index contributed by atoms with van der Waals surface area (Å²) in [4.78, 5) is 29.4. The van der Waals surface area contributed by atoms with Crippen molar-refractivity contribution in [1.29, 1.82) is 0 Å². The lowest BCUT2D eigenvalue weighted by atomic mass is 10.1. The summed E-state index contributed by atoms with van der Waals surface area (Å²) in [6, 6.07) is 15.2. The van der Waals surface area contributed by atoms with Crippen LogP contribution >= 0.6 is 11.6 Å². The largest absolute Gasteiger partial charge is 0.354 e. The quantitative estimate of drug-likeness (QED) is 0.484. The summed E-state index contributed by atoms with van der Waals surface area (Å²) >= 11 is 6.03. The Bertz CT molecular complexity index is 1290. The molecule has 0 spiro atoms. The van der Waals surface area contributed by atoms with Crippen LogP contribution in [0.25, 0.3) is 11.0 Å². The van der Waals surface area contributed by atoms with Crippen molar-refractivity contribution in [3.63, 3.8) is 0 Å². The Morgan fingerprint density at radius 1 is 1.13 bits per heavy atom. The first-order chi connectivity index (χ1) is 15.0. The molecule has 0 bridgehead atoms. The van der Waals surface area contributed by atoms with Gasteiger partial charge in [0.05, 0.1) is 25.7 Å². The fraction of sp³-hybridized carbons (Fsp3) is 0.217. The van der Waals surface area contributed by atoms with E-state index in [0.29, 0.717) is 42.1 Å². The summed E-state index contributed by atoms with van der Waals surface area (Å²) in [5.41, 5.74) is 3.35. The molecule has 0 fully saturated rings. The first-order valence-electron chi connectivity index (χ1n) is 9.97. The van der Waals surface area contributed by atoms with Crippen LogP contribution < -0.4 is 10.9 Å². The van der Waals surface area contributed by atoms with Crippen LogP contribution in [0.2, 0.25) is 5.02 Å². The minimum atomic E-state index is -0.167. The standard InChI is InChI=1S/C23H22ClN5O2/c1-16-4-2-5-17(10-16)12-21(30)25-8-9-29-22-20(13-27-29)23(31)28(15-26-22)14-18-6-3-7-19(24)11-18/h2-7,10-11,13,15H,8-9,12,14H2,1H3,(H,25,30). The van der Waals surface area contributed by atoms with Gasteiger partial charge in [0, 0.05) is 11.6 Å². The van der Waals surface area contributed by atoms with Crippen molar-refractivity contribution in [3.05, 3.63) is 93.1 Å². The van der Waals surface area contributed by atoms with Gasteiger partial charge < -0.3 is 5.32 Å². The molecule has 7 nitrogen and oxygen atoms in total. The molecule has 8 heteroatoms. The Labute approximate surface area is 184 Å². The lowest BCUT2D eigenvalue weighted by molar-refractivity contribution is -0.120. The molecule has 31 heavy (non-hydrogen) atoms. The third-order valence-electron chi connectivity index (χ3n) is 4.96. The maximum Gasteiger partial charge on any atom is 0.264 e. The number of amides is 1. The molecule has 0 unspecified atom stereocenters. The van der Waals surface area contributed by atoms with Gasteiger partial charge in [-0.2, -0.15) is 5.10 Å². The summed E-state index contributed by atoms with van der Waals surface area (Å²) in [5, 5.41) is 8.24. The van der Waals surface area contributed by atoms with E-state index in [0.717, 1.165) is 16.7 Å². The van der Waals surface area contributed by atoms with E-state index in [4.69, 9.17) is 11.6 Å². The molecule has 0 aliphatic heterocycles. The predicted molar refractivity (Wildman–Crippen MR) is 120 cm³/mol. The molecule has 4 rings (SSSR count). The second-order valence-corrected chi connectivity index (χ2v) is 7.86. The van der Waals surface area contributed by atoms with Gasteiger partial charge in [-0.15, -0.1) is 0 Å². The van der Waals surface area contributed by atoms with E-state index in [1.807, 2.05) is 49.4 Å². The SMILES string of the molecule is Cc1cccc(CC(=O)NCCn2ncc3c(=O)n(Cc4cccc(Cl)c4)cnc32)c1. The number of aryl methyl sites for hydroxylation is 1. The average molecular weight is 436 g/mol. The molecule has 0 radical (unpaired) electrons. The zero-order chi connectivity index (χ0) is 21.8. The Morgan fingerprint density at radius 2 is 1.94 bits per heavy atom. The smallest absolute Gasteiger partial charge is 0.264 e. The highest BCUT2D eigenvalue weighted by Gasteiger charge is 2.11. The van der Waals surface area contributed by atoms with E-state index < -0.39 is 0 Å². The second-order valence-electron chi connectivity index (χ2n) is 7.43. The first-order valence-corrected chi connectivity index (χ1v) is 10.3. The van der Waals surface area contributed by atoms with Gasteiger partial charge in [-0.05, 0) is 30.2 Å². The molecular formula is C23H22ClN5O2. The van der Waals surface area contributed by atoms with Crippen LogP contribution in [0.15, 0.2) is 65.8 Å². The number of halogens is 1. The van der Waals surface area contributed by atoms with E-state index in [-0.39, 0.29) is 11.5 Å². The van der Waals surface area contributed by atoms with Crippen molar-refractivity contribution in [3.8, 4) is 0 Å². The van der Waals surface area contributed by atoms with E-state index in [9.17, 15) is 9.59 Å². The van der Waals surface area contributed by atoms with Crippen molar-refractivity contribution < 1.29 is 4.79 Å². The topological polar surface area (TPSA) is 81.8 Å². The van der Waals surface area contributed by atoms with Crippen molar-refractivity contribution in [2.24, 2.45) is 0 Å². The highest BCUT2D eigenvalue weighted by atomic mass is 35.5. The summed E-state index contributed by atoms with van der Waals surface area (Å²) in [7, 11) is 0. The molecule has 0 saturated heterocycles. The Kier molecular flexibility index (Phi) is 6.13. The van der Waals surface area contributed by atoms with Crippen molar-refractivity contribution >= 4 is 28.5 Å². The normalized spacial score (nSPS) is 11.0. The zero-order valence-corrected chi connectivity index (χ0v) is 17.8. The van der Waals surface area contributed by atoms with Gasteiger partial charge in [0.25, 0.3) is 5.56 Å². The summed E-state index contributed by atoms with van der Waals surface area (Å²) in [5.74, 6) is -0.0566. The summed E-state index contributed by atoms with van der Waals surface area (Å²) in [6.07, 6.45) is 3.36. The van der Waals surface area contributed by atoms with Crippen molar-refractivity contribution in [2.45, 2.75) is 26.4 Å². The number of carbonyl (C=O) groups is 1. The number of aromatic nitrogens is 4. The van der Waals surface area contributed by atoms with Crippen LogP contribution in [-0.2, 0) is 24.3 Å². The number of rotatable bonds is 7. The molecule has 0 aliphatic carbocycles. The number of fused-ring (bicyclic) bond motifs is 1. The Balaban J connectivity index is 1.40. The molecule has 4 aromatic rings. The highest BCUT2D eigenvalue weighted by molar-refractivity contribution is 6.30. The number of hydrogen-bond donors (Lipinski definition) is 1. The van der Waals surface area contributed by atoms with Crippen LogP contribution in [0.3, 0.4) is 0 Å². The van der Waals surface area contributed by atoms with Gasteiger partial charge in [-0.3, -0.25) is 14.2 Å². The van der Waals surface area contributed by atoms with Crippen LogP contribution in [0.4, 0.5) is 0 Å². The minimum Gasteiger partial charge on any atom is -0.354 e. The van der Waals surface area contributed by atoms with Crippen LogP contribution in [0, 0.1) is 6.92 Å². The maximum absolute atomic E-state index is 12.8. The summed E-state index contributed by atoms with van der Waals surface area (Å²) < 4.78 is 3.16. The molecule has 2 aromatic carbocycles. The van der Waals surface area contributed by atoms with Crippen LogP contribution in [0.1, 0.15) is 16.7 Å². The molecule has 1 N–H and O–H groups in total. The Morgan fingerprint density at radius 3 is 2.74 bits per heavy atom. The maximum atomic E-state index is 12.8. The van der Waals surface area contributed by atoms with E-state index in [1.54, 1.807) is 10.7 Å². The third-order valence-corrected chi connectivity index (χ3v) is 5.19. The minimum absolute atomic E-state index is 0.0566. The van der Waals surface area contributed by atoms with E-state index in [2.05, 4.69) is 15.4 Å². The monoisotopic (exact) mass is 435 g/mol. The summed E-state index contributed by atoms with van der Waals surface area (Å²) in [6.45, 7) is 3.20. The number of hydrogen-bond acceptors (Lipinski definition) is 4. The zero-order valence-electron chi connectivity index (χ0n) is 17.1. The van der Waals surface area contributed by atoms with Gasteiger partial charge in [0.15, 0.2) is 5.65 Å². The predicted octanol–water partition coefficient (Wildman–Crippen LogP) is 2.96. The highest BCUT2D eigenvalue weighted by Crippen LogP contribution is 2.12. The molecule has 0 atom stereocenters. The van der Waals surface area contributed by atoms with Crippen molar-refractivity contribution in [2.75, 3.05) is 6.54 Å². The molecular weight excluding hydrogens is 414 g/mol. The fourth-order valence-electron chi connectivity index (χ4n) is 3.48. The molecule has 0 aliphatic rings. The number of carbonyl (C=O) groups excluding carboxylic acids is 1. The third kappa shape index (κ3) is 5.00. The van der Waals surface area contributed by atoms with Crippen molar-refractivity contribution in [1.82, 2.24) is 24.6 Å². The fourth-order valence-corrected chi connectivity index (χ4v) is 3.69. The molecule has 1 amide bonds. The molecule has 2 heterocycles. The lowest BCUT2D eigenvalue weighted by Crippen LogP contribution is -2.29. The van der Waals surface area contributed by atoms with Gasteiger partial charge in [0.1, 0.15) is 11.7 Å². The number of nitrogens with zero attached hydrogens (tertiary/aromatic N) is 4.